The van der Waals surface area contributed by atoms with Gasteiger partial charge < -0.3 is 0 Å². The number of nitrogens with zero attached hydrogens (tertiary/aromatic N) is 2. The number of hydrogen-bond acceptors (Lipinski definition) is 4. The Morgan fingerprint density at radius 1 is 1.38 bits per heavy atom. The topological polar surface area (TPSA) is 25.8 Å². The van der Waals surface area contributed by atoms with Crippen molar-refractivity contribution in [3.63, 3.8) is 0 Å². The minimum Gasteiger partial charge on any atom is -0.136 e. The smallest absolute Gasteiger partial charge is 0.136 e. The van der Waals surface area contributed by atoms with E-state index in [0.717, 1.165) is 13.7 Å². The molecule has 0 aliphatic heterocycles. The first kappa shape index (κ1) is 9.58. The lowest BCUT2D eigenvalue weighted by molar-refractivity contribution is 1.10. The first-order chi connectivity index (χ1) is 6.16. The molecule has 2 aromatic rings. The van der Waals surface area contributed by atoms with E-state index in [1.807, 2.05) is 6.92 Å². The molecule has 2 aromatic heterocycles. The van der Waals surface area contributed by atoms with Gasteiger partial charge in [-0.2, -0.15) is 0 Å². The van der Waals surface area contributed by atoms with Crippen molar-refractivity contribution >= 4 is 50.2 Å². The quantitative estimate of drug-likeness (QED) is 0.795. The number of aromatic nitrogens is 2. The molecule has 0 unspecified atom stereocenters. The van der Waals surface area contributed by atoms with E-state index in [1.165, 1.54) is 16.9 Å². The van der Waals surface area contributed by atoms with Gasteiger partial charge in [-0.05, 0) is 46.1 Å². The maximum atomic E-state index is 5.69. The highest BCUT2D eigenvalue weighted by atomic mass is 79.9. The Morgan fingerprint density at radius 3 is 2.62 bits per heavy atom. The molecule has 2 heterocycles. The van der Waals surface area contributed by atoms with Crippen LogP contribution in [-0.2, 0) is 0 Å². The molecule has 0 atom stereocenters. The van der Waals surface area contributed by atoms with Gasteiger partial charge in [0.05, 0.1) is 8.66 Å². The summed E-state index contributed by atoms with van der Waals surface area (Å²) in [5.41, 5.74) is 1.21. The minimum atomic E-state index is 0.483. The van der Waals surface area contributed by atoms with Crippen molar-refractivity contribution in [2.45, 2.75) is 6.92 Å². The van der Waals surface area contributed by atoms with E-state index in [1.54, 1.807) is 11.3 Å². The number of hydrogen-bond donors (Lipinski definition) is 0. The molecular formula is C7H4BrClN2S2. The lowest BCUT2D eigenvalue weighted by Gasteiger charge is -1.82. The molecule has 0 spiro atoms. The Labute approximate surface area is 96.7 Å². The highest BCUT2D eigenvalue weighted by Crippen LogP contribution is 2.36. The molecule has 0 aromatic carbocycles. The van der Waals surface area contributed by atoms with E-state index < -0.39 is 0 Å². The van der Waals surface area contributed by atoms with Gasteiger partial charge in [0.1, 0.15) is 0 Å². The van der Waals surface area contributed by atoms with E-state index in [9.17, 15) is 0 Å². The second-order valence-corrected chi connectivity index (χ2v) is 6.36. The van der Waals surface area contributed by atoms with Gasteiger partial charge in [0.2, 0.25) is 4.47 Å². The van der Waals surface area contributed by atoms with Crippen molar-refractivity contribution in [3.8, 4) is 9.88 Å². The van der Waals surface area contributed by atoms with Gasteiger partial charge in [0.15, 0.2) is 5.01 Å². The van der Waals surface area contributed by atoms with E-state index in [4.69, 9.17) is 11.6 Å². The van der Waals surface area contributed by atoms with Gasteiger partial charge in [-0.15, -0.1) is 21.5 Å². The van der Waals surface area contributed by atoms with Crippen molar-refractivity contribution in [2.75, 3.05) is 0 Å². The second-order valence-electron chi connectivity index (χ2n) is 2.43. The van der Waals surface area contributed by atoms with Crippen LogP contribution in [0.2, 0.25) is 4.47 Å². The van der Waals surface area contributed by atoms with Crippen LogP contribution in [-0.4, -0.2) is 10.2 Å². The molecule has 0 N–H and O–H groups in total. The molecule has 6 heteroatoms. The molecule has 0 radical (unpaired) electrons. The zero-order valence-corrected chi connectivity index (χ0v) is 10.5. The Hall–Kier alpha value is 0.0300. The van der Waals surface area contributed by atoms with E-state index in [-0.39, 0.29) is 0 Å². The molecule has 0 fully saturated rings. The lowest BCUT2D eigenvalue weighted by Crippen LogP contribution is -1.69. The standard InChI is InChI=1S/C7H4BrClN2S2/c1-3-2-4(12-5(3)8)6-10-11-7(9)13-6/h2H,1H3. The third-order valence-corrected chi connectivity index (χ3v) is 4.79. The number of thiophene rings is 1. The summed E-state index contributed by atoms with van der Waals surface area (Å²) < 4.78 is 1.62. The van der Waals surface area contributed by atoms with Crippen molar-refractivity contribution in [3.05, 3.63) is 19.9 Å². The summed E-state index contributed by atoms with van der Waals surface area (Å²) >= 11 is 12.2. The van der Waals surface area contributed by atoms with Crippen LogP contribution in [0.15, 0.2) is 9.85 Å². The summed E-state index contributed by atoms with van der Waals surface area (Å²) in [6.07, 6.45) is 0. The maximum absolute atomic E-state index is 5.69. The monoisotopic (exact) mass is 294 g/mol. The van der Waals surface area contributed by atoms with E-state index >= 15 is 0 Å². The molecule has 0 aliphatic carbocycles. The average Bonchev–Trinajstić information content (AvgIpc) is 2.61. The molecule has 0 saturated heterocycles. The predicted octanol–water partition coefficient (Wildman–Crippen LogP) is 3.99. The highest BCUT2D eigenvalue weighted by Gasteiger charge is 2.09. The average molecular weight is 296 g/mol. The number of rotatable bonds is 1. The lowest BCUT2D eigenvalue weighted by atomic mass is 10.3. The number of halogens is 2. The van der Waals surface area contributed by atoms with Crippen LogP contribution in [0.3, 0.4) is 0 Å². The zero-order chi connectivity index (χ0) is 9.42. The van der Waals surface area contributed by atoms with Crippen molar-refractivity contribution in [1.82, 2.24) is 10.2 Å². The normalized spacial score (nSPS) is 10.7. The van der Waals surface area contributed by atoms with Gasteiger partial charge in [0, 0.05) is 0 Å². The Kier molecular flexibility index (Phi) is 2.69. The van der Waals surface area contributed by atoms with Crippen molar-refractivity contribution < 1.29 is 0 Å². The fraction of sp³-hybridized carbons (Fsp3) is 0.143. The molecule has 2 nitrogen and oxygen atoms in total. The summed E-state index contributed by atoms with van der Waals surface area (Å²) in [5.74, 6) is 0. The molecule has 0 saturated carbocycles. The summed E-state index contributed by atoms with van der Waals surface area (Å²) in [6.45, 7) is 2.05. The zero-order valence-electron chi connectivity index (χ0n) is 6.54. The largest absolute Gasteiger partial charge is 0.207 e. The molecule has 0 aliphatic rings. The first-order valence-corrected chi connectivity index (χ1v) is 6.22. The van der Waals surface area contributed by atoms with Gasteiger partial charge in [-0.3, -0.25) is 0 Å². The van der Waals surface area contributed by atoms with Crippen LogP contribution in [0.4, 0.5) is 0 Å². The molecule has 68 valence electrons. The van der Waals surface area contributed by atoms with E-state index in [2.05, 4.69) is 32.2 Å². The Bertz CT molecular complexity index is 418. The van der Waals surface area contributed by atoms with Crippen LogP contribution in [0, 0.1) is 6.92 Å². The van der Waals surface area contributed by atoms with Gasteiger partial charge in [-0.1, -0.05) is 11.3 Å². The van der Waals surface area contributed by atoms with Crippen LogP contribution in [0.5, 0.6) is 0 Å². The minimum absolute atomic E-state index is 0.483. The molecular weight excluding hydrogens is 292 g/mol. The van der Waals surface area contributed by atoms with Gasteiger partial charge in [0.25, 0.3) is 0 Å². The van der Waals surface area contributed by atoms with Crippen molar-refractivity contribution in [2.24, 2.45) is 0 Å². The SMILES string of the molecule is Cc1cc(-c2nnc(Cl)s2)sc1Br. The fourth-order valence-electron chi connectivity index (χ4n) is 0.870. The molecule has 0 amide bonds. The van der Waals surface area contributed by atoms with Crippen molar-refractivity contribution in [1.29, 1.82) is 0 Å². The summed E-state index contributed by atoms with van der Waals surface area (Å²) in [6, 6.07) is 2.07. The van der Waals surface area contributed by atoms with Crippen LogP contribution in [0.25, 0.3) is 9.88 Å². The molecule has 0 bridgehead atoms. The Balaban J connectivity index is 2.46. The predicted molar refractivity (Wildman–Crippen MR) is 60.7 cm³/mol. The summed E-state index contributed by atoms with van der Waals surface area (Å²) in [7, 11) is 0. The third kappa shape index (κ3) is 1.93. The summed E-state index contributed by atoms with van der Waals surface area (Å²) in [5, 5.41) is 8.60. The van der Waals surface area contributed by atoms with Crippen LogP contribution in [0.1, 0.15) is 5.56 Å². The second kappa shape index (κ2) is 3.65. The molecule has 2 rings (SSSR count). The van der Waals surface area contributed by atoms with Gasteiger partial charge in [-0.25, -0.2) is 0 Å². The molecule has 13 heavy (non-hydrogen) atoms. The maximum Gasteiger partial charge on any atom is 0.207 e. The fourth-order valence-corrected chi connectivity index (χ4v) is 3.27. The highest BCUT2D eigenvalue weighted by molar-refractivity contribution is 9.11. The Morgan fingerprint density at radius 2 is 2.15 bits per heavy atom. The third-order valence-electron chi connectivity index (χ3n) is 1.47. The van der Waals surface area contributed by atoms with Crippen LogP contribution >= 0.6 is 50.2 Å². The number of aryl methyl sites for hydroxylation is 1. The summed E-state index contributed by atoms with van der Waals surface area (Å²) in [4.78, 5) is 1.11. The van der Waals surface area contributed by atoms with E-state index in [0.29, 0.717) is 4.47 Å². The first-order valence-electron chi connectivity index (χ1n) is 3.42. The van der Waals surface area contributed by atoms with Crippen LogP contribution < -0.4 is 0 Å². The van der Waals surface area contributed by atoms with Gasteiger partial charge >= 0.3 is 0 Å².